The number of anilines is 1. The van der Waals surface area contributed by atoms with Crippen LogP contribution in [0.15, 0.2) is 23.1 Å². The highest BCUT2D eigenvalue weighted by Gasteiger charge is 2.19. The molecule has 17 heavy (non-hydrogen) atoms. The predicted molar refractivity (Wildman–Crippen MR) is 74.5 cm³/mol. The Balaban J connectivity index is 3.17. The molecule has 0 spiro atoms. The summed E-state index contributed by atoms with van der Waals surface area (Å²) in [6.07, 6.45) is 0. The molecule has 0 aliphatic carbocycles. The number of nitrogen functional groups attached to an aromatic ring is 1. The number of nitrogens with zero attached hydrogens (tertiary/aromatic N) is 1. The molecular formula is C13H20N2OS. The molecule has 0 aliphatic heterocycles. The molecule has 1 aromatic rings. The zero-order valence-electron chi connectivity index (χ0n) is 11.1. The van der Waals surface area contributed by atoms with Crippen molar-refractivity contribution in [3.63, 3.8) is 0 Å². The summed E-state index contributed by atoms with van der Waals surface area (Å²) in [6.45, 7) is 6.35. The van der Waals surface area contributed by atoms with Crippen molar-refractivity contribution >= 4 is 23.4 Å². The Morgan fingerprint density at radius 3 is 2.35 bits per heavy atom. The largest absolute Gasteiger partial charge is 0.399 e. The third kappa shape index (κ3) is 3.97. The van der Waals surface area contributed by atoms with Crippen LogP contribution >= 0.6 is 11.8 Å². The SMILES string of the molecule is CN(C)C(=O)c1ccc(N)cc1SC(C)(C)C. The first kappa shape index (κ1) is 13.9. The van der Waals surface area contributed by atoms with Crippen molar-refractivity contribution in [2.45, 2.75) is 30.4 Å². The average Bonchev–Trinajstić information content (AvgIpc) is 2.14. The van der Waals surface area contributed by atoms with Crippen molar-refractivity contribution in [2.75, 3.05) is 19.8 Å². The summed E-state index contributed by atoms with van der Waals surface area (Å²) < 4.78 is 0.0507. The fraction of sp³-hybridized carbons (Fsp3) is 0.462. The third-order valence-corrected chi connectivity index (χ3v) is 3.23. The summed E-state index contributed by atoms with van der Waals surface area (Å²) in [7, 11) is 3.51. The van der Waals surface area contributed by atoms with Crippen LogP contribution in [0.25, 0.3) is 0 Å². The smallest absolute Gasteiger partial charge is 0.254 e. The number of rotatable bonds is 2. The zero-order valence-corrected chi connectivity index (χ0v) is 11.9. The minimum absolute atomic E-state index is 0.0109. The molecule has 0 saturated heterocycles. The Morgan fingerprint density at radius 2 is 1.88 bits per heavy atom. The number of carbonyl (C=O) groups is 1. The van der Waals surface area contributed by atoms with Crippen molar-refractivity contribution < 1.29 is 4.79 Å². The van der Waals surface area contributed by atoms with Crippen LogP contribution in [-0.2, 0) is 0 Å². The van der Waals surface area contributed by atoms with E-state index in [9.17, 15) is 4.79 Å². The highest BCUT2D eigenvalue weighted by Crippen LogP contribution is 2.35. The van der Waals surface area contributed by atoms with Crippen LogP contribution in [0.4, 0.5) is 5.69 Å². The molecule has 0 aliphatic rings. The molecule has 1 rings (SSSR count). The van der Waals surface area contributed by atoms with Gasteiger partial charge in [-0.3, -0.25) is 4.79 Å². The summed E-state index contributed by atoms with van der Waals surface area (Å²) in [6, 6.07) is 5.43. The monoisotopic (exact) mass is 252 g/mol. The van der Waals surface area contributed by atoms with E-state index in [0.717, 1.165) is 4.90 Å². The van der Waals surface area contributed by atoms with Gasteiger partial charge in [-0.15, -0.1) is 11.8 Å². The van der Waals surface area contributed by atoms with Gasteiger partial charge in [0.1, 0.15) is 0 Å². The van der Waals surface area contributed by atoms with Crippen LogP contribution in [0.3, 0.4) is 0 Å². The van der Waals surface area contributed by atoms with Crippen molar-refractivity contribution in [1.82, 2.24) is 4.90 Å². The molecule has 2 N–H and O–H groups in total. The summed E-state index contributed by atoms with van der Waals surface area (Å²) in [4.78, 5) is 14.6. The van der Waals surface area contributed by atoms with E-state index in [4.69, 9.17) is 5.73 Å². The van der Waals surface area contributed by atoms with Crippen LogP contribution < -0.4 is 5.73 Å². The molecule has 0 unspecified atom stereocenters. The highest BCUT2D eigenvalue weighted by atomic mass is 32.2. The normalized spacial score (nSPS) is 11.4. The summed E-state index contributed by atoms with van der Waals surface area (Å²) >= 11 is 1.66. The van der Waals surface area contributed by atoms with Crippen molar-refractivity contribution in [1.29, 1.82) is 0 Å². The standard InChI is InChI=1S/C13H20N2OS/c1-13(2,3)17-11-8-9(14)6-7-10(11)12(16)15(4)5/h6-8H,14H2,1-5H3. The van der Waals surface area contributed by atoms with Gasteiger partial charge >= 0.3 is 0 Å². The number of thioether (sulfide) groups is 1. The Hall–Kier alpha value is -1.16. The first-order valence-electron chi connectivity index (χ1n) is 5.51. The second kappa shape index (κ2) is 5.00. The predicted octanol–water partition coefficient (Wildman–Crippen LogP) is 2.86. The van der Waals surface area contributed by atoms with Gasteiger partial charge in [0, 0.05) is 29.4 Å². The van der Waals surface area contributed by atoms with E-state index < -0.39 is 0 Å². The first-order chi connectivity index (χ1) is 7.70. The number of benzene rings is 1. The maximum atomic E-state index is 12.0. The summed E-state index contributed by atoms with van der Waals surface area (Å²) in [5, 5.41) is 0. The first-order valence-corrected chi connectivity index (χ1v) is 6.32. The minimum atomic E-state index is 0.0109. The van der Waals surface area contributed by atoms with Gasteiger partial charge in [-0.2, -0.15) is 0 Å². The molecule has 94 valence electrons. The van der Waals surface area contributed by atoms with Gasteiger partial charge in [0.2, 0.25) is 0 Å². The van der Waals surface area contributed by atoms with Gasteiger partial charge in [-0.1, -0.05) is 20.8 Å². The van der Waals surface area contributed by atoms with E-state index >= 15 is 0 Å². The lowest BCUT2D eigenvalue weighted by Crippen LogP contribution is -2.23. The molecule has 0 heterocycles. The number of nitrogens with two attached hydrogens (primary N) is 1. The molecule has 0 atom stereocenters. The molecule has 0 bridgehead atoms. The Bertz CT molecular complexity index is 422. The fourth-order valence-electron chi connectivity index (χ4n) is 1.37. The maximum Gasteiger partial charge on any atom is 0.254 e. The van der Waals surface area contributed by atoms with Crippen molar-refractivity contribution in [3.8, 4) is 0 Å². The van der Waals surface area contributed by atoms with Crippen molar-refractivity contribution in [2.24, 2.45) is 0 Å². The van der Waals surface area contributed by atoms with Crippen LogP contribution in [0, 0.1) is 0 Å². The van der Waals surface area contributed by atoms with Gasteiger partial charge < -0.3 is 10.6 Å². The van der Waals surface area contributed by atoms with E-state index in [2.05, 4.69) is 20.8 Å². The number of carbonyl (C=O) groups excluding carboxylic acids is 1. The molecule has 3 nitrogen and oxygen atoms in total. The van der Waals surface area contributed by atoms with E-state index in [1.54, 1.807) is 42.9 Å². The Kier molecular flexibility index (Phi) is 4.09. The quantitative estimate of drug-likeness (QED) is 0.650. The molecule has 0 saturated carbocycles. The van der Waals surface area contributed by atoms with Crippen LogP contribution in [-0.4, -0.2) is 29.6 Å². The van der Waals surface area contributed by atoms with E-state index in [1.807, 2.05) is 6.07 Å². The average molecular weight is 252 g/mol. The topological polar surface area (TPSA) is 46.3 Å². The zero-order chi connectivity index (χ0) is 13.2. The maximum absolute atomic E-state index is 12.0. The molecule has 0 fully saturated rings. The molecule has 4 heteroatoms. The lowest BCUT2D eigenvalue weighted by atomic mass is 10.2. The second-order valence-electron chi connectivity index (χ2n) is 5.17. The molecule has 1 amide bonds. The van der Waals surface area contributed by atoms with Crippen molar-refractivity contribution in [3.05, 3.63) is 23.8 Å². The number of hydrogen-bond acceptors (Lipinski definition) is 3. The van der Waals surface area contributed by atoms with E-state index in [0.29, 0.717) is 11.3 Å². The summed E-state index contributed by atoms with van der Waals surface area (Å²) in [5.74, 6) is 0.0109. The highest BCUT2D eigenvalue weighted by molar-refractivity contribution is 8.00. The van der Waals surface area contributed by atoms with Gasteiger partial charge in [0.15, 0.2) is 0 Å². The lowest BCUT2D eigenvalue weighted by molar-refractivity contribution is 0.0824. The molecule has 0 aromatic heterocycles. The Labute approximate surface area is 107 Å². The van der Waals surface area contributed by atoms with E-state index in [-0.39, 0.29) is 10.7 Å². The van der Waals surface area contributed by atoms with Gasteiger partial charge in [0.05, 0.1) is 5.56 Å². The second-order valence-corrected chi connectivity index (χ2v) is 7.04. The summed E-state index contributed by atoms with van der Waals surface area (Å²) in [5.41, 5.74) is 7.18. The number of amides is 1. The third-order valence-electron chi connectivity index (χ3n) is 2.06. The van der Waals surface area contributed by atoms with Crippen LogP contribution in [0.5, 0.6) is 0 Å². The molecule has 1 aromatic carbocycles. The molecular weight excluding hydrogens is 232 g/mol. The Morgan fingerprint density at radius 1 is 1.29 bits per heavy atom. The number of hydrogen-bond donors (Lipinski definition) is 1. The van der Waals surface area contributed by atoms with Crippen LogP contribution in [0.1, 0.15) is 31.1 Å². The van der Waals surface area contributed by atoms with Gasteiger partial charge in [-0.05, 0) is 18.2 Å². The van der Waals surface area contributed by atoms with Gasteiger partial charge in [0.25, 0.3) is 5.91 Å². The lowest BCUT2D eigenvalue weighted by Gasteiger charge is -2.21. The molecule has 0 radical (unpaired) electrons. The van der Waals surface area contributed by atoms with E-state index in [1.165, 1.54) is 0 Å². The minimum Gasteiger partial charge on any atom is -0.399 e. The fourth-order valence-corrected chi connectivity index (χ4v) is 2.49. The van der Waals surface area contributed by atoms with Gasteiger partial charge in [-0.25, -0.2) is 0 Å². The van der Waals surface area contributed by atoms with Crippen LogP contribution in [0.2, 0.25) is 0 Å².